The number of unbranched alkanes of at least 4 members (excludes halogenated alkanes) is 6. The Labute approximate surface area is 147 Å². The van der Waals surface area contributed by atoms with Gasteiger partial charge in [-0.15, -0.1) is 0 Å². The first-order valence-electron chi connectivity index (χ1n) is 9.21. The van der Waals surface area contributed by atoms with Gasteiger partial charge in [0.1, 0.15) is 6.61 Å². The molecule has 0 heterocycles. The molecule has 0 amide bonds. The van der Waals surface area contributed by atoms with E-state index in [1.165, 1.54) is 32.1 Å². The van der Waals surface area contributed by atoms with Gasteiger partial charge < -0.3 is 9.64 Å². The number of ether oxygens (including phenoxy) is 1. The summed E-state index contributed by atoms with van der Waals surface area (Å²) in [5, 5.41) is 0. The lowest BCUT2D eigenvalue weighted by Crippen LogP contribution is -2.12. The van der Waals surface area contributed by atoms with Crippen molar-refractivity contribution in [3.8, 4) is 0 Å². The predicted molar refractivity (Wildman–Crippen MR) is 101 cm³/mol. The van der Waals surface area contributed by atoms with Gasteiger partial charge in [0, 0.05) is 26.7 Å². The number of carbonyl (C=O) groups excluding carboxylic acids is 1. The fourth-order valence-electron chi connectivity index (χ4n) is 2.53. The number of hydrogen-bond acceptors (Lipinski definition) is 3. The molecule has 0 saturated heterocycles. The van der Waals surface area contributed by atoms with Crippen LogP contribution in [0.25, 0.3) is 0 Å². The first-order chi connectivity index (χ1) is 11.6. The van der Waals surface area contributed by atoms with Crippen LogP contribution in [-0.2, 0) is 16.1 Å². The molecular formula is C21H33NO2. The van der Waals surface area contributed by atoms with Crippen molar-refractivity contribution in [2.24, 2.45) is 0 Å². The predicted octanol–water partition coefficient (Wildman–Crippen LogP) is 5.32. The molecule has 134 valence electrons. The molecule has 0 fully saturated rings. The Bertz CT molecular complexity index is 480. The van der Waals surface area contributed by atoms with Crippen LogP contribution < -0.4 is 0 Å². The van der Waals surface area contributed by atoms with Crippen molar-refractivity contribution < 1.29 is 9.53 Å². The molecule has 0 bridgehead atoms. The number of allylic oxidation sites excluding steroid dienone is 1. The summed E-state index contributed by atoms with van der Waals surface area (Å²) in [6.45, 7) is 2.66. The Hall–Kier alpha value is -1.77. The summed E-state index contributed by atoms with van der Waals surface area (Å²) in [5.74, 6) is 0.572. The largest absolute Gasteiger partial charge is 0.484 e. The highest BCUT2D eigenvalue weighted by Gasteiger charge is 2.11. The monoisotopic (exact) mass is 331 g/mol. The second-order valence-electron chi connectivity index (χ2n) is 6.53. The van der Waals surface area contributed by atoms with E-state index in [2.05, 4.69) is 6.92 Å². The first-order valence-corrected chi connectivity index (χ1v) is 9.21. The van der Waals surface area contributed by atoms with Gasteiger partial charge in [-0.05, 0) is 12.0 Å². The van der Waals surface area contributed by atoms with E-state index >= 15 is 0 Å². The van der Waals surface area contributed by atoms with E-state index in [-0.39, 0.29) is 5.78 Å². The van der Waals surface area contributed by atoms with Crippen LogP contribution in [0.5, 0.6) is 0 Å². The molecule has 0 radical (unpaired) electrons. The van der Waals surface area contributed by atoms with Crippen molar-refractivity contribution in [3.05, 3.63) is 47.9 Å². The molecule has 1 aromatic carbocycles. The Morgan fingerprint density at radius 1 is 1.00 bits per heavy atom. The zero-order valence-electron chi connectivity index (χ0n) is 15.6. The summed E-state index contributed by atoms with van der Waals surface area (Å²) in [6, 6.07) is 9.95. The van der Waals surface area contributed by atoms with E-state index in [1.807, 2.05) is 49.3 Å². The third-order valence-electron chi connectivity index (χ3n) is 3.89. The van der Waals surface area contributed by atoms with Gasteiger partial charge in [-0.1, -0.05) is 75.8 Å². The van der Waals surface area contributed by atoms with Crippen LogP contribution in [0, 0.1) is 0 Å². The van der Waals surface area contributed by atoms with Gasteiger partial charge in [-0.3, -0.25) is 4.79 Å². The highest BCUT2D eigenvalue weighted by Crippen LogP contribution is 2.13. The third kappa shape index (κ3) is 9.39. The number of nitrogens with zero attached hydrogens (tertiary/aromatic N) is 1. The van der Waals surface area contributed by atoms with Gasteiger partial charge in [0.2, 0.25) is 0 Å². The van der Waals surface area contributed by atoms with Crippen molar-refractivity contribution in [3.63, 3.8) is 0 Å². The number of ketones is 1. The lowest BCUT2D eigenvalue weighted by molar-refractivity contribution is -0.119. The molecule has 3 nitrogen and oxygen atoms in total. The summed E-state index contributed by atoms with van der Waals surface area (Å²) in [5.41, 5.74) is 1.07. The van der Waals surface area contributed by atoms with E-state index in [9.17, 15) is 4.79 Å². The van der Waals surface area contributed by atoms with E-state index < -0.39 is 0 Å². The van der Waals surface area contributed by atoms with Crippen LogP contribution in [0.2, 0.25) is 0 Å². The molecule has 1 aromatic rings. The number of carbonyl (C=O) groups is 1. The van der Waals surface area contributed by atoms with Crippen molar-refractivity contribution in [2.45, 2.75) is 64.9 Å². The van der Waals surface area contributed by atoms with Crippen LogP contribution in [0.4, 0.5) is 0 Å². The lowest BCUT2D eigenvalue weighted by atomic mass is 10.1. The lowest BCUT2D eigenvalue weighted by Gasteiger charge is -2.13. The Morgan fingerprint density at radius 2 is 1.62 bits per heavy atom. The van der Waals surface area contributed by atoms with E-state index in [0.717, 1.165) is 18.4 Å². The fraction of sp³-hybridized carbons (Fsp3) is 0.571. The first kappa shape index (κ1) is 20.3. The number of rotatable bonds is 13. The summed E-state index contributed by atoms with van der Waals surface area (Å²) in [6.07, 6.45) is 10.9. The zero-order chi connectivity index (χ0) is 17.6. The normalized spacial score (nSPS) is 11.4. The molecule has 0 saturated carbocycles. The molecule has 0 N–H and O–H groups in total. The highest BCUT2D eigenvalue weighted by molar-refractivity contribution is 5.93. The van der Waals surface area contributed by atoms with Crippen molar-refractivity contribution in [1.29, 1.82) is 0 Å². The average Bonchev–Trinajstić information content (AvgIpc) is 2.58. The van der Waals surface area contributed by atoms with Gasteiger partial charge in [0.25, 0.3) is 0 Å². The van der Waals surface area contributed by atoms with E-state index in [4.69, 9.17) is 4.74 Å². The smallest absolute Gasteiger partial charge is 0.198 e. The van der Waals surface area contributed by atoms with Crippen LogP contribution in [0.15, 0.2) is 42.3 Å². The maximum atomic E-state index is 12.4. The Morgan fingerprint density at radius 3 is 2.25 bits per heavy atom. The van der Waals surface area contributed by atoms with Gasteiger partial charge in [-0.2, -0.15) is 0 Å². The average molecular weight is 332 g/mol. The van der Waals surface area contributed by atoms with Crippen LogP contribution in [0.3, 0.4) is 0 Å². The van der Waals surface area contributed by atoms with Crippen molar-refractivity contribution >= 4 is 5.78 Å². The number of benzene rings is 1. The van der Waals surface area contributed by atoms with E-state index in [0.29, 0.717) is 18.8 Å². The molecule has 0 spiro atoms. The van der Waals surface area contributed by atoms with Gasteiger partial charge in [0.05, 0.1) is 0 Å². The molecule has 24 heavy (non-hydrogen) atoms. The number of hydrogen-bond donors (Lipinski definition) is 0. The van der Waals surface area contributed by atoms with Crippen LogP contribution in [-0.4, -0.2) is 24.8 Å². The molecule has 0 aromatic heterocycles. The fourth-order valence-corrected chi connectivity index (χ4v) is 2.53. The molecule has 3 heteroatoms. The topological polar surface area (TPSA) is 29.5 Å². The maximum absolute atomic E-state index is 12.4. The Kier molecular flexibility index (Phi) is 10.7. The number of Topliss-reactive ketones (excluding diaryl/α,β-unsaturated/α-hetero) is 1. The standard InChI is InChI=1S/C21H33NO2/c1-4-5-6-7-8-9-13-16-20(23)21(17-22(2)3)24-18-19-14-11-10-12-15-19/h10-12,14-15,17H,4-9,13,16,18H2,1-3H3/b21-17-. The molecule has 0 atom stereocenters. The van der Waals surface area contributed by atoms with Gasteiger partial charge in [0.15, 0.2) is 11.5 Å². The van der Waals surface area contributed by atoms with Gasteiger partial charge >= 0.3 is 0 Å². The Balaban J connectivity index is 2.36. The molecular weight excluding hydrogens is 298 g/mol. The minimum absolute atomic E-state index is 0.105. The second-order valence-corrected chi connectivity index (χ2v) is 6.53. The van der Waals surface area contributed by atoms with Crippen LogP contribution >= 0.6 is 0 Å². The molecule has 0 aliphatic carbocycles. The molecule has 0 aliphatic heterocycles. The van der Waals surface area contributed by atoms with E-state index in [1.54, 1.807) is 6.20 Å². The summed E-state index contributed by atoms with van der Waals surface area (Å²) >= 11 is 0. The zero-order valence-corrected chi connectivity index (χ0v) is 15.6. The minimum Gasteiger partial charge on any atom is -0.484 e. The second kappa shape index (κ2) is 12.6. The van der Waals surface area contributed by atoms with Crippen molar-refractivity contribution in [1.82, 2.24) is 4.90 Å². The third-order valence-corrected chi connectivity index (χ3v) is 3.89. The SMILES string of the molecule is CCCCCCCCCC(=O)/C(=C/N(C)C)OCc1ccccc1. The summed E-state index contributed by atoms with van der Waals surface area (Å²) < 4.78 is 5.78. The molecule has 0 unspecified atom stereocenters. The van der Waals surface area contributed by atoms with Crippen molar-refractivity contribution in [2.75, 3.05) is 14.1 Å². The summed E-state index contributed by atoms with van der Waals surface area (Å²) in [7, 11) is 3.82. The molecule has 0 aliphatic rings. The van der Waals surface area contributed by atoms with Crippen LogP contribution in [0.1, 0.15) is 63.9 Å². The molecule has 1 rings (SSSR count). The highest BCUT2D eigenvalue weighted by atomic mass is 16.5. The maximum Gasteiger partial charge on any atom is 0.198 e. The quantitative estimate of drug-likeness (QED) is 0.278. The summed E-state index contributed by atoms with van der Waals surface area (Å²) in [4.78, 5) is 14.3. The van der Waals surface area contributed by atoms with Gasteiger partial charge in [-0.25, -0.2) is 0 Å². The minimum atomic E-state index is 0.105.